The van der Waals surface area contributed by atoms with Crippen LogP contribution in [0.15, 0.2) is 24.3 Å². The summed E-state index contributed by atoms with van der Waals surface area (Å²) >= 11 is 0. The van der Waals surface area contributed by atoms with Gasteiger partial charge >= 0.3 is 6.18 Å². The van der Waals surface area contributed by atoms with E-state index >= 15 is 0 Å². The average Bonchev–Trinajstić information content (AvgIpc) is 2.19. The van der Waals surface area contributed by atoms with Gasteiger partial charge in [0.2, 0.25) is 0 Å². The van der Waals surface area contributed by atoms with Gasteiger partial charge < -0.3 is 5.73 Å². The van der Waals surface area contributed by atoms with Gasteiger partial charge in [-0.2, -0.15) is 13.2 Å². The molecule has 1 aromatic carbocycles. The van der Waals surface area contributed by atoms with E-state index in [1.54, 1.807) is 0 Å². The average molecular weight is 231 g/mol. The highest BCUT2D eigenvalue weighted by Crippen LogP contribution is 2.23. The Kier molecular flexibility index (Phi) is 4.65. The molecule has 0 unspecified atom stereocenters. The number of aryl methyl sites for hydroxylation is 1. The zero-order valence-corrected chi connectivity index (χ0v) is 9.06. The predicted octanol–water partition coefficient (Wildman–Crippen LogP) is 3.93. The van der Waals surface area contributed by atoms with Gasteiger partial charge in [-0.05, 0) is 37.0 Å². The lowest BCUT2D eigenvalue weighted by molar-refractivity contribution is -0.135. The summed E-state index contributed by atoms with van der Waals surface area (Å²) in [5.41, 5.74) is 7.36. The van der Waals surface area contributed by atoms with E-state index in [-0.39, 0.29) is 6.42 Å². The minimum absolute atomic E-state index is 0.221. The van der Waals surface area contributed by atoms with Crippen LogP contribution in [0.1, 0.15) is 31.2 Å². The van der Waals surface area contributed by atoms with Crippen molar-refractivity contribution < 1.29 is 13.2 Å². The van der Waals surface area contributed by atoms with E-state index in [1.165, 1.54) is 0 Å². The molecule has 4 heteroatoms. The maximum absolute atomic E-state index is 11.8. The van der Waals surface area contributed by atoms with Crippen molar-refractivity contribution in [3.63, 3.8) is 0 Å². The Labute approximate surface area is 93.5 Å². The summed E-state index contributed by atoms with van der Waals surface area (Å²) in [6, 6.07) is 7.45. The fourth-order valence-corrected chi connectivity index (χ4v) is 1.52. The van der Waals surface area contributed by atoms with Crippen molar-refractivity contribution in [1.82, 2.24) is 0 Å². The third-order valence-corrected chi connectivity index (χ3v) is 2.41. The van der Waals surface area contributed by atoms with Crippen molar-refractivity contribution >= 4 is 5.69 Å². The summed E-state index contributed by atoms with van der Waals surface area (Å²) in [5, 5.41) is 0. The molecule has 1 rings (SSSR count). The van der Waals surface area contributed by atoms with Crippen LogP contribution in [0.4, 0.5) is 18.9 Å². The van der Waals surface area contributed by atoms with Gasteiger partial charge in [0.1, 0.15) is 0 Å². The molecule has 0 spiro atoms. The van der Waals surface area contributed by atoms with Gasteiger partial charge in [-0.25, -0.2) is 0 Å². The van der Waals surface area contributed by atoms with Crippen LogP contribution in [0.5, 0.6) is 0 Å². The first kappa shape index (κ1) is 12.9. The van der Waals surface area contributed by atoms with Gasteiger partial charge in [-0.15, -0.1) is 0 Å². The van der Waals surface area contributed by atoms with Crippen LogP contribution in [0.3, 0.4) is 0 Å². The molecule has 0 radical (unpaired) electrons. The summed E-state index contributed by atoms with van der Waals surface area (Å²) < 4.78 is 35.5. The fraction of sp³-hybridized carbons (Fsp3) is 0.500. The molecule has 0 atom stereocenters. The normalized spacial score (nSPS) is 11.7. The molecule has 1 aromatic rings. The Balaban J connectivity index is 2.14. The van der Waals surface area contributed by atoms with E-state index in [2.05, 4.69) is 0 Å². The van der Waals surface area contributed by atoms with Crippen LogP contribution >= 0.6 is 0 Å². The van der Waals surface area contributed by atoms with Crippen LogP contribution in [0.25, 0.3) is 0 Å². The molecule has 16 heavy (non-hydrogen) atoms. The molecule has 1 nitrogen and oxygen atoms in total. The summed E-state index contributed by atoms with van der Waals surface area (Å²) in [4.78, 5) is 0. The van der Waals surface area contributed by atoms with Gasteiger partial charge in [0.05, 0.1) is 0 Å². The molecule has 0 amide bonds. The van der Waals surface area contributed by atoms with Crippen LogP contribution in [0.2, 0.25) is 0 Å². The lowest BCUT2D eigenvalue weighted by Crippen LogP contribution is -2.06. The molecule has 2 N–H and O–H groups in total. The maximum Gasteiger partial charge on any atom is 0.389 e. The number of nitrogen functional groups attached to an aromatic ring is 1. The Bertz CT molecular complexity index is 303. The SMILES string of the molecule is Nc1ccc(CCCCCC(F)(F)F)cc1. The Morgan fingerprint density at radius 1 is 0.938 bits per heavy atom. The summed E-state index contributed by atoms with van der Waals surface area (Å²) in [6.45, 7) is 0. The maximum atomic E-state index is 11.8. The zero-order chi connectivity index (χ0) is 12.0. The number of alkyl halides is 3. The second kappa shape index (κ2) is 5.77. The molecule has 0 saturated carbocycles. The number of nitrogens with two attached hydrogens (primary N) is 1. The molecular weight excluding hydrogens is 215 g/mol. The number of hydrogen-bond donors (Lipinski definition) is 1. The monoisotopic (exact) mass is 231 g/mol. The summed E-state index contributed by atoms with van der Waals surface area (Å²) in [7, 11) is 0. The smallest absolute Gasteiger partial charge is 0.389 e. The topological polar surface area (TPSA) is 26.0 Å². The molecule has 0 aliphatic carbocycles. The number of rotatable bonds is 5. The van der Waals surface area contributed by atoms with E-state index < -0.39 is 12.6 Å². The highest BCUT2D eigenvalue weighted by atomic mass is 19.4. The van der Waals surface area contributed by atoms with Crippen LogP contribution in [0, 0.1) is 0 Å². The van der Waals surface area contributed by atoms with Gasteiger partial charge in [-0.1, -0.05) is 18.6 Å². The second-order valence-corrected chi connectivity index (χ2v) is 3.92. The minimum Gasteiger partial charge on any atom is -0.399 e. The minimum atomic E-state index is -4.01. The highest BCUT2D eigenvalue weighted by Gasteiger charge is 2.25. The van der Waals surface area contributed by atoms with Crippen molar-refractivity contribution in [3.8, 4) is 0 Å². The van der Waals surface area contributed by atoms with Crippen molar-refractivity contribution in [2.24, 2.45) is 0 Å². The predicted molar refractivity (Wildman–Crippen MR) is 59.1 cm³/mol. The zero-order valence-electron chi connectivity index (χ0n) is 9.06. The van der Waals surface area contributed by atoms with Crippen molar-refractivity contribution in [2.45, 2.75) is 38.3 Å². The largest absolute Gasteiger partial charge is 0.399 e. The van der Waals surface area contributed by atoms with E-state index in [0.717, 1.165) is 18.4 Å². The fourth-order valence-electron chi connectivity index (χ4n) is 1.52. The first-order valence-corrected chi connectivity index (χ1v) is 5.38. The molecular formula is C12H16F3N. The molecule has 0 fully saturated rings. The van der Waals surface area contributed by atoms with Crippen LogP contribution < -0.4 is 5.73 Å². The summed E-state index contributed by atoms with van der Waals surface area (Å²) in [6.07, 6.45) is -2.24. The number of benzene rings is 1. The lowest BCUT2D eigenvalue weighted by atomic mass is 10.1. The molecule has 0 aliphatic rings. The van der Waals surface area contributed by atoms with E-state index in [0.29, 0.717) is 12.1 Å². The first-order chi connectivity index (χ1) is 7.47. The van der Waals surface area contributed by atoms with E-state index in [9.17, 15) is 13.2 Å². The molecule has 0 aliphatic heterocycles. The first-order valence-electron chi connectivity index (χ1n) is 5.38. The third kappa shape index (κ3) is 5.63. The van der Waals surface area contributed by atoms with Gasteiger partial charge in [0.15, 0.2) is 0 Å². The lowest BCUT2D eigenvalue weighted by Gasteiger charge is -2.05. The Hall–Kier alpha value is -1.19. The molecule has 0 heterocycles. The quantitative estimate of drug-likeness (QED) is 0.603. The highest BCUT2D eigenvalue weighted by molar-refractivity contribution is 5.39. The van der Waals surface area contributed by atoms with Crippen LogP contribution in [-0.2, 0) is 6.42 Å². The van der Waals surface area contributed by atoms with Crippen molar-refractivity contribution in [3.05, 3.63) is 29.8 Å². The van der Waals surface area contributed by atoms with E-state index in [1.807, 2.05) is 24.3 Å². The van der Waals surface area contributed by atoms with Gasteiger partial charge in [0, 0.05) is 12.1 Å². The van der Waals surface area contributed by atoms with Gasteiger partial charge in [-0.3, -0.25) is 0 Å². The number of hydrogen-bond acceptors (Lipinski definition) is 1. The standard InChI is InChI=1S/C12H16F3N/c13-12(14,15)9-3-1-2-4-10-5-7-11(16)8-6-10/h5-8H,1-4,9,16H2. The second-order valence-electron chi connectivity index (χ2n) is 3.92. The number of unbranched alkanes of at least 4 members (excludes halogenated alkanes) is 2. The van der Waals surface area contributed by atoms with Crippen LogP contribution in [-0.4, -0.2) is 6.18 Å². The van der Waals surface area contributed by atoms with Crippen molar-refractivity contribution in [2.75, 3.05) is 5.73 Å². The summed E-state index contributed by atoms with van der Waals surface area (Å²) in [5.74, 6) is 0. The molecule has 0 bridgehead atoms. The molecule has 0 saturated heterocycles. The molecule has 90 valence electrons. The Morgan fingerprint density at radius 2 is 1.56 bits per heavy atom. The third-order valence-electron chi connectivity index (χ3n) is 2.41. The van der Waals surface area contributed by atoms with E-state index in [4.69, 9.17) is 5.73 Å². The number of halogens is 3. The Morgan fingerprint density at radius 3 is 2.12 bits per heavy atom. The van der Waals surface area contributed by atoms with Gasteiger partial charge in [0.25, 0.3) is 0 Å². The van der Waals surface area contributed by atoms with Crippen molar-refractivity contribution in [1.29, 1.82) is 0 Å². The number of anilines is 1. The molecule has 0 aromatic heterocycles.